The molecule has 0 aliphatic carbocycles. The third-order valence-electron chi connectivity index (χ3n) is 2.30. The van der Waals surface area contributed by atoms with E-state index in [1.54, 1.807) is 0 Å². The van der Waals surface area contributed by atoms with Crippen molar-refractivity contribution < 1.29 is 14.7 Å². The number of aromatic nitrogens is 1. The largest absolute Gasteiger partial charge is 0.480 e. The number of amides is 1. The van der Waals surface area contributed by atoms with Gasteiger partial charge in [-0.3, -0.25) is 4.79 Å². The number of nitrogens with zero attached hydrogens (tertiary/aromatic N) is 1. The minimum Gasteiger partial charge on any atom is -0.480 e. The molecule has 0 aliphatic heterocycles. The van der Waals surface area contributed by atoms with Gasteiger partial charge in [0.1, 0.15) is 11.2 Å². The number of hydrogen-bond acceptors (Lipinski definition) is 3. The average molecular weight is 271 g/mol. The molecule has 0 spiro atoms. The molecule has 1 atom stereocenters. The Balaban J connectivity index is 2.75. The predicted octanol–water partition coefficient (Wildman–Crippen LogP) is 1.96. The number of aliphatic carboxylic acids is 1. The van der Waals surface area contributed by atoms with Crippen LogP contribution in [0.5, 0.6) is 0 Å². The van der Waals surface area contributed by atoms with Crippen molar-refractivity contribution in [2.75, 3.05) is 0 Å². The Hall–Kier alpha value is -1.62. The Bertz CT molecular complexity index is 449. The molecule has 1 unspecified atom stereocenters. The molecule has 1 aromatic heterocycles. The molecule has 0 aliphatic rings. The molecule has 1 heterocycles. The van der Waals surface area contributed by atoms with Gasteiger partial charge in [-0.1, -0.05) is 25.4 Å². The summed E-state index contributed by atoms with van der Waals surface area (Å²) in [7, 11) is 0. The molecule has 18 heavy (non-hydrogen) atoms. The lowest BCUT2D eigenvalue weighted by molar-refractivity contribution is -0.139. The Morgan fingerprint density at radius 3 is 2.67 bits per heavy atom. The van der Waals surface area contributed by atoms with E-state index in [2.05, 4.69) is 10.3 Å². The minimum atomic E-state index is -1.04. The first-order valence-electron chi connectivity index (χ1n) is 5.55. The molecule has 5 nitrogen and oxygen atoms in total. The maximum absolute atomic E-state index is 11.8. The van der Waals surface area contributed by atoms with Crippen LogP contribution in [0.3, 0.4) is 0 Å². The summed E-state index contributed by atoms with van der Waals surface area (Å²) in [4.78, 5) is 26.6. The number of halogens is 1. The van der Waals surface area contributed by atoms with Crippen molar-refractivity contribution in [1.82, 2.24) is 10.3 Å². The topological polar surface area (TPSA) is 79.3 Å². The third kappa shape index (κ3) is 4.33. The lowest BCUT2D eigenvalue weighted by Gasteiger charge is -2.16. The van der Waals surface area contributed by atoms with Crippen LogP contribution >= 0.6 is 11.6 Å². The zero-order valence-electron chi connectivity index (χ0n) is 10.2. The van der Waals surface area contributed by atoms with Crippen LogP contribution in [0.2, 0.25) is 5.15 Å². The number of carbonyl (C=O) groups is 2. The van der Waals surface area contributed by atoms with Crippen molar-refractivity contribution in [1.29, 1.82) is 0 Å². The Kier molecular flexibility index (Phi) is 5.09. The first-order valence-corrected chi connectivity index (χ1v) is 5.93. The van der Waals surface area contributed by atoms with Crippen LogP contribution < -0.4 is 5.32 Å². The van der Waals surface area contributed by atoms with Gasteiger partial charge in [0.2, 0.25) is 0 Å². The minimum absolute atomic E-state index is 0.174. The van der Waals surface area contributed by atoms with Crippen LogP contribution in [0.1, 0.15) is 30.6 Å². The molecule has 2 N–H and O–H groups in total. The van der Waals surface area contributed by atoms with Crippen LogP contribution in [0, 0.1) is 5.92 Å². The number of nitrogens with one attached hydrogen (secondary N) is 1. The number of carboxylic acid groups (broad SMARTS) is 1. The van der Waals surface area contributed by atoms with Crippen LogP contribution in [0.4, 0.5) is 0 Å². The van der Waals surface area contributed by atoms with Crippen molar-refractivity contribution in [2.45, 2.75) is 26.3 Å². The van der Waals surface area contributed by atoms with Crippen LogP contribution in [-0.2, 0) is 4.79 Å². The second kappa shape index (κ2) is 6.35. The summed E-state index contributed by atoms with van der Waals surface area (Å²) in [5, 5.41) is 11.7. The zero-order chi connectivity index (χ0) is 13.7. The van der Waals surface area contributed by atoms with Crippen molar-refractivity contribution >= 4 is 23.5 Å². The van der Waals surface area contributed by atoms with E-state index in [-0.39, 0.29) is 11.1 Å². The molecule has 0 saturated carbocycles. The van der Waals surface area contributed by atoms with Gasteiger partial charge >= 0.3 is 5.97 Å². The van der Waals surface area contributed by atoms with Crippen molar-refractivity contribution in [3.8, 4) is 0 Å². The summed E-state index contributed by atoms with van der Waals surface area (Å²) in [5.41, 5.74) is 0.296. The first kappa shape index (κ1) is 14.4. The van der Waals surface area contributed by atoms with Crippen molar-refractivity contribution in [2.24, 2.45) is 5.92 Å². The number of carboxylic acids is 1. The quantitative estimate of drug-likeness (QED) is 0.802. The van der Waals surface area contributed by atoms with Crippen molar-refractivity contribution in [3.63, 3.8) is 0 Å². The van der Waals surface area contributed by atoms with Gasteiger partial charge in [0, 0.05) is 11.8 Å². The Morgan fingerprint density at radius 1 is 1.50 bits per heavy atom. The summed E-state index contributed by atoms with van der Waals surface area (Å²) in [6, 6.07) is 1.98. The first-order chi connectivity index (χ1) is 8.40. The highest BCUT2D eigenvalue weighted by Crippen LogP contribution is 2.09. The van der Waals surface area contributed by atoms with Gasteiger partial charge in [-0.25, -0.2) is 9.78 Å². The van der Waals surface area contributed by atoms with Gasteiger partial charge in [0.25, 0.3) is 5.91 Å². The van der Waals surface area contributed by atoms with E-state index in [1.807, 2.05) is 13.8 Å². The standard InChI is InChI=1S/C12H15ClN2O3/c1-7(2)5-9(12(17)18)15-11(16)8-3-4-14-10(13)6-8/h3-4,6-7,9H,5H2,1-2H3,(H,15,16)(H,17,18). The van der Waals surface area contributed by atoms with E-state index >= 15 is 0 Å². The second-order valence-corrected chi connectivity index (χ2v) is 4.75. The van der Waals surface area contributed by atoms with E-state index in [0.29, 0.717) is 12.0 Å². The summed E-state index contributed by atoms with van der Waals surface area (Å²) in [6.45, 7) is 3.79. The normalized spacial score (nSPS) is 12.2. The lowest BCUT2D eigenvalue weighted by Crippen LogP contribution is -2.41. The number of pyridine rings is 1. The maximum Gasteiger partial charge on any atom is 0.326 e. The molecule has 1 rings (SSSR count). The molecule has 0 aromatic carbocycles. The highest BCUT2D eigenvalue weighted by atomic mass is 35.5. The molecule has 1 amide bonds. The highest BCUT2D eigenvalue weighted by Gasteiger charge is 2.21. The van der Waals surface area contributed by atoms with Gasteiger partial charge in [0.15, 0.2) is 0 Å². The fraction of sp³-hybridized carbons (Fsp3) is 0.417. The predicted molar refractivity (Wildman–Crippen MR) is 67.6 cm³/mol. The van der Waals surface area contributed by atoms with Gasteiger partial charge < -0.3 is 10.4 Å². The molecule has 0 radical (unpaired) electrons. The summed E-state index contributed by atoms with van der Waals surface area (Å²) >= 11 is 5.66. The molecule has 0 bridgehead atoms. The molecular weight excluding hydrogens is 256 g/mol. The smallest absolute Gasteiger partial charge is 0.326 e. The SMILES string of the molecule is CC(C)CC(NC(=O)c1ccnc(Cl)c1)C(=O)O. The Morgan fingerprint density at radius 2 is 2.17 bits per heavy atom. The van der Waals surface area contributed by atoms with Gasteiger partial charge in [0.05, 0.1) is 0 Å². The van der Waals surface area contributed by atoms with Crippen molar-refractivity contribution in [3.05, 3.63) is 29.0 Å². The van der Waals surface area contributed by atoms with E-state index in [9.17, 15) is 9.59 Å². The number of hydrogen-bond donors (Lipinski definition) is 2. The van der Waals surface area contributed by atoms with Crippen LogP contribution in [-0.4, -0.2) is 28.0 Å². The molecule has 98 valence electrons. The summed E-state index contributed by atoms with van der Waals surface area (Å²) in [6.07, 6.45) is 1.77. The molecular formula is C12H15ClN2O3. The fourth-order valence-electron chi connectivity index (χ4n) is 1.48. The molecule has 0 fully saturated rings. The van der Waals surface area contributed by atoms with Gasteiger partial charge in [-0.05, 0) is 24.5 Å². The number of carbonyl (C=O) groups excluding carboxylic acids is 1. The fourth-order valence-corrected chi connectivity index (χ4v) is 1.65. The zero-order valence-corrected chi connectivity index (χ0v) is 10.9. The highest BCUT2D eigenvalue weighted by molar-refractivity contribution is 6.29. The summed E-state index contributed by atoms with van der Waals surface area (Å²) < 4.78 is 0. The second-order valence-electron chi connectivity index (χ2n) is 4.36. The third-order valence-corrected chi connectivity index (χ3v) is 2.51. The molecule has 0 saturated heterocycles. The van der Waals surface area contributed by atoms with Gasteiger partial charge in [-0.15, -0.1) is 0 Å². The Labute approximate surface area is 110 Å². The maximum atomic E-state index is 11.8. The lowest BCUT2D eigenvalue weighted by atomic mass is 10.0. The monoisotopic (exact) mass is 270 g/mol. The van der Waals surface area contributed by atoms with E-state index in [0.717, 1.165) is 0 Å². The van der Waals surface area contributed by atoms with Gasteiger partial charge in [-0.2, -0.15) is 0 Å². The summed E-state index contributed by atoms with van der Waals surface area (Å²) in [5.74, 6) is -1.34. The number of rotatable bonds is 5. The van der Waals surface area contributed by atoms with Crippen LogP contribution in [0.25, 0.3) is 0 Å². The molecule has 6 heteroatoms. The van der Waals surface area contributed by atoms with E-state index in [4.69, 9.17) is 16.7 Å². The van der Waals surface area contributed by atoms with E-state index < -0.39 is 17.9 Å². The molecule has 1 aromatic rings. The van der Waals surface area contributed by atoms with Crippen LogP contribution in [0.15, 0.2) is 18.3 Å². The van der Waals surface area contributed by atoms with E-state index in [1.165, 1.54) is 18.3 Å². The average Bonchev–Trinajstić information content (AvgIpc) is 2.27.